The van der Waals surface area contributed by atoms with Crippen LogP contribution in [0, 0.1) is 6.92 Å². The molecule has 2 aliphatic rings. The second-order valence-electron chi connectivity index (χ2n) is 5.05. The molecule has 3 rings (SSSR count). The molecule has 3 heteroatoms. The van der Waals surface area contributed by atoms with Crippen LogP contribution in [0.5, 0.6) is 0 Å². The van der Waals surface area contributed by atoms with Crippen LogP contribution in [0.2, 0.25) is 0 Å². The van der Waals surface area contributed by atoms with E-state index in [9.17, 15) is 0 Å². The molecule has 0 spiro atoms. The Balaban J connectivity index is 2.04. The third-order valence-electron chi connectivity index (χ3n) is 3.87. The summed E-state index contributed by atoms with van der Waals surface area (Å²) in [7, 11) is 0. The van der Waals surface area contributed by atoms with E-state index in [4.69, 9.17) is 5.73 Å². The van der Waals surface area contributed by atoms with Crippen molar-refractivity contribution in [3.63, 3.8) is 0 Å². The van der Waals surface area contributed by atoms with Crippen molar-refractivity contribution < 1.29 is 0 Å². The summed E-state index contributed by atoms with van der Waals surface area (Å²) in [6, 6.07) is 4.42. The summed E-state index contributed by atoms with van der Waals surface area (Å²) < 4.78 is 0. The van der Waals surface area contributed by atoms with Gasteiger partial charge in [-0.15, -0.1) is 0 Å². The highest BCUT2D eigenvalue weighted by Crippen LogP contribution is 2.35. The topological polar surface area (TPSA) is 50.4 Å². The van der Waals surface area contributed by atoms with Crippen molar-refractivity contribution in [1.82, 2.24) is 5.32 Å². The second kappa shape index (κ2) is 4.06. The van der Waals surface area contributed by atoms with Crippen LogP contribution in [-0.2, 0) is 6.42 Å². The standard InChI is InChI=1S/C14H19N3/c1-9-7-12-10(8-13(9)15)3-2-4-11(12)14-16-5-6-17-14/h7-8,11H,2-6,15H2,1H3,(H,16,17). The average molecular weight is 229 g/mol. The van der Waals surface area contributed by atoms with E-state index in [0.29, 0.717) is 5.92 Å². The Hall–Kier alpha value is -1.51. The molecule has 1 aromatic rings. The normalized spacial score (nSPS) is 22.9. The van der Waals surface area contributed by atoms with E-state index in [1.165, 1.54) is 35.4 Å². The van der Waals surface area contributed by atoms with Crippen LogP contribution in [0.15, 0.2) is 17.1 Å². The first-order chi connectivity index (χ1) is 8.25. The molecule has 1 aliphatic carbocycles. The van der Waals surface area contributed by atoms with Crippen LogP contribution in [0.4, 0.5) is 5.69 Å². The Bertz CT molecular complexity index is 477. The van der Waals surface area contributed by atoms with Crippen molar-refractivity contribution in [2.75, 3.05) is 18.8 Å². The summed E-state index contributed by atoms with van der Waals surface area (Å²) >= 11 is 0. The van der Waals surface area contributed by atoms with E-state index in [1.54, 1.807) is 0 Å². The predicted molar refractivity (Wildman–Crippen MR) is 71.6 cm³/mol. The van der Waals surface area contributed by atoms with Gasteiger partial charge in [0.1, 0.15) is 5.84 Å². The van der Waals surface area contributed by atoms with E-state index >= 15 is 0 Å². The molecule has 0 fully saturated rings. The van der Waals surface area contributed by atoms with Crippen molar-refractivity contribution in [1.29, 1.82) is 0 Å². The zero-order valence-electron chi connectivity index (χ0n) is 10.3. The molecular weight excluding hydrogens is 210 g/mol. The lowest BCUT2D eigenvalue weighted by atomic mass is 9.81. The van der Waals surface area contributed by atoms with Crippen LogP contribution in [-0.4, -0.2) is 18.9 Å². The largest absolute Gasteiger partial charge is 0.399 e. The van der Waals surface area contributed by atoms with E-state index in [1.807, 2.05) is 0 Å². The highest BCUT2D eigenvalue weighted by atomic mass is 15.1. The monoisotopic (exact) mass is 229 g/mol. The van der Waals surface area contributed by atoms with Crippen molar-refractivity contribution in [3.05, 3.63) is 28.8 Å². The molecule has 0 radical (unpaired) electrons. The smallest absolute Gasteiger partial charge is 0.104 e. The van der Waals surface area contributed by atoms with Gasteiger partial charge in [0.05, 0.1) is 6.54 Å². The fraction of sp³-hybridized carbons (Fsp3) is 0.500. The lowest BCUT2D eigenvalue weighted by Gasteiger charge is -2.26. The van der Waals surface area contributed by atoms with Gasteiger partial charge in [-0.25, -0.2) is 0 Å². The van der Waals surface area contributed by atoms with Crippen LogP contribution >= 0.6 is 0 Å². The summed E-state index contributed by atoms with van der Waals surface area (Å²) in [5, 5.41) is 3.42. The van der Waals surface area contributed by atoms with Crippen LogP contribution in [0.25, 0.3) is 0 Å². The molecular formula is C14H19N3. The van der Waals surface area contributed by atoms with Gasteiger partial charge in [-0.05, 0) is 48.9 Å². The molecule has 1 atom stereocenters. The fourth-order valence-corrected chi connectivity index (χ4v) is 2.92. The molecule has 0 saturated carbocycles. The minimum absolute atomic E-state index is 0.473. The Kier molecular flexibility index (Phi) is 2.54. The maximum absolute atomic E-state index is 6.00. The van der Waals surface area contributed by atoms with Crippen LogP contribution in [0.1, 0.15) is 35.4 Å². The Morgan fingerprint density at radius 1 is 1.41 bits per heavy atom. The van der Waals surface area contributed by atoms with Crippen molar-refractivity contribution in [2.45, 2.75) is 32.1 Å². The molecule has 0 aromatic heterocycles. The van der Waals surface area contributed by atoms with E-state index in [2.05, 4.69) is 29.4 Å². The number of nitrogens with two attached hydrogens (primary N) is 1. The number of nitrogen functional groups attached to an aromatic ring is 1. The molecule has 0 amide bonds. The minimum Gasteiger partial charge on any atom is -0.399 e. The zero-order valence-corrected chi connectivity index (χ0v) is 10.3. The van der Waals surface area contributed by atoms with E-state index in [-0.39, 0.29) is 0 Å². The number of rotatable bonds is 1. The number of fused-ring (bicyclic) bond motifs is 1. The molecule has 1 aromatic carbocycles. The second-order valence-corrected chi connectivity index (χ2v) is 5.05. The van der Waals surface area contributed by atoms with Gasteiger partial charge in [-0.2, -0.15) is 0 Å². The summed E-state index contributed by atoms with van der Waals surface area (Å²) in [5.41, 5.74) is 11.0. The highest BCUT2D eigenvalue weighted by molar-refractivity contribution is 5.91. The molecule has 3 nitrogen and oxygen atoms in total. The van der Waals surface area contributed by atoms with Gasteiger partial charge in [-0.3, -0.25) is 4.99 Å². The first kappa shape index (κ1) is 10.6. The zero-order chi connectivity index (χ0) is 11.8. The first-order valence-corrected chi connectivity index (χ1v) is 6.43. The van der Waals surface area contributed by atoms with Crippen LogP contribution in [0.3, 0.4) is 0 Å². The van der Waals surface area contributed by atoms with E-state index < -0.39 is 0 Å². The number of nitrogens with zero attached hydrogens (tertiary/aromatic N) is 1. The average Bonchev–Trinajstić information content (AvgIpc) is 2.83. The molecule has 0 bridgehead atoms. The first-order valence-electron chi connectivity index (χ1n) is 6.43. The van der Waals surface area contributed by atoms with Crippen molar-refractivity contribution >= 4 is 11.5 Å². The molecule has 17 heavy (non-hydrogen) atoms. The maximum Gasteiger partial charge on any atom is 0.104 e. The SMILES string of the molecule is Cc1cc2c(cc1N)CCCC2C1=NCCN1. The number of benzene rings is 1. The molecule has 1 aliphatic heterocycles. The molecule has 3 N–H and O–H groups in total. The van der Waals surface area contributed by atoms with Gasteiger partial charge in [0.15, 0.2) is 0 Å². The van der Waals surface area contributed by atoms with Crippen molar-refractivity contribution in [3.8, 4) is 0 Å². The van der Waals surface area contributed by atoms with Gasteiger partial charge < -0.3 is 11.1 Å². The summed E-state index contributed by atoms with van der Waals surface area (Å²) in [6.07, 6.45) is 3.60. The van der Waals surface area contributed by atoms with Crippen molar-refractivity contribution in [2.24, 2.45) is 4.99 Å². The lowest BCUT2D eigenvalue weighted by molar-refractivity contribution is 0.641. The Morgan fingerprint density at radius 2 is 2.29 bits per heavy atom. The van der Waals surface area contributed by atoms with Crippen LogP contribution < -0.4 is 11.1 Å². The number of aryl methyl sites for hydroxylation is 2. The summed E-state index contributed by atoms with van der Waals surface area (Å²) in [6.45, 7) is 4.01. The number of amidine groups is 1. The lowest BCUT2D eigenvalue weighted by Crippen LogP contribution is -2.28. The minimum atomic E-state index is 0.473. The number of hydrogen-bond donors (Lipinski definition) is 2. The van der Waals surface area contributed by atoms with Gasteiger partial charge in [0.2, 0.25) is 0 Å². The number of nitrogens with one attached hydrogen (secondary N) is 1. The van der Waals surface area contributed by atoms with E-state index in [0.717, 1.165) is 25.2 Å². The Morgan fingerprint density at radius 3 is 3.06 bits per heavy atom. The van der Waals surface area contributed by atoms with Gasteiger partial charge in [0, 0.05) is 18.2 Å². The molecule has 0 saturated heterocycles. The predicted octanol–water partition coefficient (Wildman–Crippen LogP) is 2.00. The molecule has 90 valence electrons. The van der Waals surface area contributed by atoms with Gasteiger partial charge in [0.25, 0.3) is 0 Å². The maximum atomic E-state index is 6.00. The summed E-state index contributed by atoms with van der Waals surface area (Å²) in [5.74, 6) is 1.66. The quantitative estimate of drug-likeness (QED) is 0.724. The number of hydrogen-bond acceptors (Lipinski definition) is 3. The van der Waals surface area contributed by atoms with Gasteiger partial charge >= 0.3 is 0 Å². The highest BCUT2D eigenvalue weighted by Gasteiger charge is 2.26. The third kappa shape index (κ3) is 1.79. The number of anilines is 1. The fourth-order valence-electron chi connectivity index (χ4n) is 2.92. The Labute approximate surface area is 102 Å². The number of aliphatic imine (C=N–C) groups is 1. The third-order valence-corrected chi connectivity index (χ3v) is 3.87. The molecule has 1 heterocycles. The van der Waals surface area contributed by atoms with Gasteiger partial charge in [-0.1, -0.05) is 6.07 Å². The molecule has 1 unspecified atom stereocenters. The summed E-state index contributed by atoms with van der Waals surface area (Å²) in [4.78, 5) is 4.58.